The fourth-order valence-corrected chi connectivity index (χ4v) is 3.37. The summed E-state index contributed by atoms with van der Waals surface area (Å²) in [7, 11) is 0. The van der Waals surface area contributed by atoms with Crippen LogP contribution < -0.4 is 5.43 Å². The van der Waals surface area contributed by atoms with Crippen LogP contribution in [-0.4, -0.2) is 4.98 Å². The predicted molar refractivity (Wildman–Crippen MR) is 69.2 cm³/mol. The second-order valence-electron chi connectivity index (χ2n) is 3.31. The molecule has 0 amide bonds. The zero-order valence-corrected chi connectivity index (χ0v) is 9.85. The Morgan fingerprint density at radius 3 is 2.88 bits per heavy atom. The van der Waals surface area contributed by atoms with E-state index < -0.39 is 0 Å². The van der Waals surface area contributed by atoms with Gasteiger partial charge in [0, 0.05) is 17.1 Å². The van der Waals surface area contributed by atoms with E-state index in [-0.39, 0.29) is 5.43 Å². The zero-order valence-electron chi connectivity index (χ0n) is 8.21. The van der Waals surface area contributed by atoms with E-state index in [1.165, 1.54) is 0 Å². The van der Waals surface area contributed by atoms with Crippen LogP contribution in [0.3, 0.4) is 0 Å². The summed E-state index contributed by atoms with van der Waals surface area (Å²) in [5.41, 5.74) is 0.0465. The Labute approximate surface area is 99.8 Å². The summed E-state index contributed by atoms with van der Waals surface area (Å²) >= 11 is 3.20. The maximum absolute atomic E-state index is 11.9. The fraction of sp³-hybridized carbons (Fsp3) is 0. The number of hydrogen-bond acceptors (Lipinski definition) is 4. The summed E-state index contributed by atoms with van der Waals surface area (Å²) < 4.78 is 0. The minimum Gasteiger partial charge on any atom is -0.289 e. The monoisotopic (exact) mass is 245 g/mol. The summed E-state index contributed by atoms with van der Waals surface area (Å²) in [6.07, 6.45) is 1.72. The first-order valence-electron chi connectivity index (χ1n) is 4.77. The molecule has 3 rings (SSSR count). The first-order chi connectivity index (χ1) is 7.84. The molecule has 0 atom stereocenters. The highest BCUT2D eigenvalue weighted by atomic mass is 32.1. The zero-order chi connectivity index (χ0) is 11.0. The third-order valence-corrected chi connectivity index (χ3v) is 4.38. The molecule has 0 N–H and O–H groups in total. The SMILES string of the molecule is O=c1cc(-c2cccs2)sc2ncccc12. The Bertz CT molecular complexity index is 686. The molecule has 0 radical (unpaired) electrons. The van der Waals surface area contributed by atoms with E-state index in [9.17, 15) is 4.79 Å². The van der Waals surface area contributed by atoms with E-state index in [1.54, 1.807) is 41.0 Å². The van der Waals surface area contributed by atoms with Crippen LogP contribution in [0.5, 0.6) is 0 Å². The number of nitrogens with zero attached hydrogens (tertiary/aromatic N) is 1. The normalized spacial score (nSPS) is 10.8. The molecule has 2 nitrogen and oxygen atoms in total. The van der Waals surface area contributed by atoms with Gasteiger partial charge >= 0.3 is 0 Å². The van der Waals surface area contributed by atoms with Gasteiger partial charge < -0.3 is 0 Å². The van der Waals surface area contributed by atoms with E-state index in [2.05, 4.69) is 4.98 Å². The van der Waals surface area contributed by atoms with E-state index in [4.69, 9.17) is 0 Å². The topological polar surface area (TPSA) is 30.0 Å². The molecule has 0 aromatic carbocycles. The van der Waals surface area contributed by atoms with Gasteiger partial charge in [-0.25, -0.2) is 4.98 Å². The van der Waals surface area contributed by atoms with Gasteiger partial charge in [-0.2, -0.15) is 0 Å². The van der Waals surface area contributed by atoms with Crippen LogP contribution in [-0.2, 0) is 0 Å². The number of rotatable bonds is 1. The maximum Gasteiger partial charge on any atom is 0.190 e. The van der Waals surface area contributed by atoms with Gasteiger partial charge in [0.1, 0.15) is 4.83 Å². The van der Waals surface area contributed by atoms with Crippen LogP contribution in [0.2, 0.25) is 0 Å². The number of hydrogen-bond donors (Lipinski definition) is 0. The van der Waals surface area contributed by atoms with Crippen molar-refractivity contribution in [3.8, 4) is 9.75 Å². The number of fused-ring (bicyclic) bond motifs is 1. The average Bonchev–Trinajstić information content (AvgIpc) is 2.82. The van der Waals surface area contributed by atoms with Gasteiger partial charge in [-0.1, -0.05) is 6.07 Å². The molecule has 3 aromatic heterocycles. The standard InChI is InChI=1S/C12H7NOS2/c14-9-7-11(10-4-2-6-15-10)16-12-8(9)3-1-5-13-12/h1-7H. The minimum absolute atomic E-state index is 0.0465. The maximum atomic E-state index is 11.9. The molecule has 0 saturated carbocycles. The van der Waals surface area contributed by atoms with Crippen molar-refractivity contribution in [1.29, 1.82) is 0 Å². The van der Waals surface area contributed by atoms with Crippen molar-refractivity contribution >= 4 is 32.9 Å². The molecule has 3 aromatic rings. The lowest BCUT2D eigenvalue weighted by atomic mass is 10.3. The van der Waals surface area contributed by atoms with Gasteiger partial charge in [0.15, 0.2) is 5.43 Å². The molecule has 3 heterocycles. The molecular formula is C12H7NOS2. The summed E-state index contributed by atoms with van der Waals surface area (Å²) in [6.45, 7) is 0. The van der Waals surface area contributed by atoms with Crippen molar-refractivity contribution in [3.63, 3.8) is 0 Å². The Morgan fingerprint density at radius 1 is 1.12 bits per heavy atom. The van der Waals surface area contributed by atoms with Gasteiger partial charge in [-0.05, 0) is 23.6 Å². The van der Waals surface area contributed by atoms with E-state index in [0.29, 0.717) is 5.39 Å². The highest BCUT2D eigenvalue weighted by molar-refractivity contribution is 7.24. The Kier molecular flexibility index (Phi) is 2.31. The second-order valence-corrected chi connectivity index (χ2v) is 5.29. The van der Waals surface area contributed by atoms with Crippen molar-refractivity contribution in [3.05, 3.63) is 52.1 Å². The molecule has 0 aliphatic carbocycles. The molecule has 0 fully saturated rings. The fourth-order valence-electron chi connectivity index (χ4n) is 1.53. The van der Waals surface area contributed by atoms with Gasteiger partial charge in [-0.15, -0.1) is 22.7 Å². The van der Waals surface area contributed by atoms with Crippen molar-refractivity contribution < 1.29 is 0 Å². The largest absolute Gasteiger partial charge is 0.289 e. The van der Waals surface area contributed by atoms with Crippen molar-refractivity contribution in [2.24, 2.45) is 0 Å². The molecule has 78 valence electrons. The molecule has 0 saturated heterocycles. The average molecular weight is 245 g/mol. The highest BCUT2D eigenvalue weighted by Crippen LogP contribution is 2.29. The van der Waals surface area contributed by atoms with Crippen LogP contribution in [0.15, 0.2) is 46.7 Å². The quantitative estimate of drug-likeness (QED) is 0.658. The minimum atomic E-state index is 0.0465. The van der Waals surface area contributed by atoms with Crippen LogP contribution in [0.1, 0.15) is 0 Å². The van der Waals surface area contributed by atoms with Crippen molar-refractivity contribution in [1.82, 2.24) is 4.98 Å². The van der Waals surface area contributed by atoms with Crippen LogP contribution >= 0.6 is 22.7 Å². The van der Waals surface area contributed by atoms with E-state index in [0.717, 1.165) is 14.6 Å². The lowest BCUT2D eigenvalue weighted by Crippen LogP contribution is -1.98. The molecule has 0 spiro atoms. The molecule has 4 heteroatoms. The summed E-state index contributed by atoms with van der Waals surface area (Å²) in [5.74, 6) is 0. The van der Waals surface area contributed by atoms with Gasteiger partial charge in [-0.3, -0.25) is 4.79 Å². The van der Waals surface area contributed by atoms with Gasteiger partial charge in [0.05, 0.1) is 10.3 Å². The predicted octanol–water partition coefficient (Wildman–Crippen LogP) is 3.39. The Morgan fingerprint density at radius 2 is 2.06 bits per heavy atom. The van der Waals surface area contributed by atoms with Crippen molar-refractivity contribution in [2.45, 2.75) is 0 Å². The van der Waals surface area contributed by atoms with E-state index in [1.807, 2.05) is 23.6 Å². The molecule has 0 aliphatic heterocycles. The van der Waals surface area contributed by atoms with Gasteiger partial charge in [0.2, 0.25) is 0 Å². The summed E-state index contributed by atoms with van der Waals surface area (Å²) in [6, 6.07) is 9.31. The first kappa shape index (κ1) is 9.69. The number of aromatic nitrogens is 1. The van der Waals surface area contributed by atoms with E-state index >= 15 is 0 Å². The summed E-state index contributed by atoms with van der Waals surface area (Å²) in [4.78, 5) is 19.0. The Hall–Kier alpha value is -1.52. The molecule has 0 bridgehead atoms. The van der Waals surface area contributed by atoms with Crippen LogP contribution in [0, 0.1) is 0 Å². The number of thiophene rings is 1. The Balaban J connectivity index is 2.34. The third-order valence-electron chi connectivity index (χ3n) is 2.27. The third kappa shape index (κ3) is 1.56. The second kappa shape index (κ2) is 3.81. The van der Waals surface area contributed by atoms with Crippen molar-refractivity contribution in [2.75, 3.05) is 0 Å². The summed E-state index contributed by atoms with van der Waals surface area (Å²) in [5, 5.41) is 2.71. The smallest absolute Gasteiger partial charge is 0.190 e. The lowest BCUT2D eigenvalue weighted by molar-refractivity contribution is 1.44. The van der Waals surface area contributed by atoms with Gasteiger partial charge in [0.25, 0.3) is 0 Å². The highest BCUT2D eigenvalue weighted by Gasteiger charge is 2.05. The van der Waals surface area contributed by atoms with Crippen LogP contribution in [0.25, 0.3) is 20.0 Å². The molecule has 16 heavy (non-hydrogen) atoms. The molecule has 0 unspecified atom stereocenters. The lowest BCUT2D eigenvalue weighted by Gasteiger charge is -1.98. The number of pyridine rings is 1. The molecular weight excluding hydrogens is 238 g/mol. The van der Waals surface area contributed by atoms with Crippen LogP contribution in [0.4, 0.5) is 0 Å². The molecule has 0 aliphatic rings. The first-order valence-corrected chi connectivity index (χ1v) is 6.47.